The van der Waals surface area contributed by atoms with E-state index in [0.29, 0.717) is 0 Å². The van der Waals surface area contributed by atoms with Crippen LogP contribution in [0.1, 0.15) is 96.8 Å². The highest BCUT2D eigenvalue weighted by atomic mass is 15.5. The molecule has 0 unspecified atom stereocenters. The Labute approximate surface area is 186 Å². The van der Waals surface area contributed by atoms with Crippen LogP contribution in [0.5, 0.6) is 0 Å². The summed E-state index contributed by atoms with van der Waals surface area (Å²) < 4.78 is 0. The van der Waals surface area contributed by atoms with E-state index >= 15 is 0 Å². The van der Waals surface area contributed by atoms with Crippen LogP contribution in [0.15, 0.2) is 60.7 Å². The molecule has 2 aromatic rings. The van der Waals surface area contributed by atoms with E-state index in [0.717, 1.165) is 12.2 Å². The molecule has 0 bridgehead atoms. The Kier molecular flexibility index (Phi) is 13.6. The van der Waals surface area contributed by atoms with Crippen LogP contribution in [0.2, 0.25) is 0 Å². The van der Waals surface area contributed by atoms with Gasteiger partial charge in [-0.05, 0) is 30.7 Å². The molecule has 2 aromatic carbocycles. The molecule has 0 aliphatic rings. The fourth-order valence-electron chi connectivity index (χ4n) is 3.99. The third-order valence-electron chi connectivity index (χ3n) is 5.84. The van der Waals surface area contributed by atoms with Crippen LogP contribution in [0.25, 0.3) is 0 Å². The van der Waals surface area contributed by atoms with Crippen LogP contribution in [0.4, 0.5) is 11.4 Å². The van der Waals surface area contributed by atoms with Gasteiger partial charge >= 0.3 is 0 Å². The van der Waals surface area contributed by atoms with Gasteiger partial charge in [-0.25, -0.2) is 0 Å². The van der Waals surface area contributed by atoms with E-state index in [1.165, 1.54) is 95.6 Å². The molecule has 0 radical (unpaired) electrons. The van der Waals surface area contributed by atoms with Crippen LogP contribution >= 0.6 is 0 Å². The van der Waals surface area contributed by atoms with E-state index in [1.807, 2.05) is 0 Å². The van der Waals surface area contributed by atoms with Gasteiger partial charge in [0, 0.05) is 6.54 Å². The Hall–Kier alpha value is -1.96. The van der Waals surface area contributed by atoms with Gasteiger partial charge in [0.05, 0.1) is 11.4 Å². The highest BCUT2D eigenvalue weighted by molar-refractivity contribution is 5.54. The van der Waals surface area contributed by atoms with Crippen molar-refractivity contribution in [3.8, 4) is 0 Å². The molecular weight excluding hydrogens is 364 g/mol. The van der Waals surface area contributed by atoms with Gasteiger partial charge in [0.1, 0.15) is 0 Å². The molecule has 2 heteroatoms. The maximum atomic E-state index is 3.58. The van der Waals surface area contributed by atoms with E-state index < -0.39 is 0 Å². The molecule has 0 spiro atoms. The van der Waals surface area contributed by atoms with Crippen molar-refractivity contribution in [2.45, 2.75) is 96.8 Å². The molecule has 0 aliphatic carbocycles. The monoisotopic (exact) mass is 408 g/mol. The SMILES string of the molecule is CCCCCCCCCCCCCCCCN(Nc1ccccc1)c1ccccc1. The maximum Gasteiger partial charge on any atom is 0.0571 e. The molecule has 2 nitrogen and oxygen atoms in total. The average molecular weight is 409 g/mol. The van der Waals surface area contributed by atoms with E-state index in [-0.39, 0.29) is 0 Å². The van der Waals surface area contributed by atoms with Crippen molar-refractivity contribution in [3.05, 3.63) is 60.7 Å². The largest absolute Gasteiger partial charge is 0.298 e. The number of hydrazine groups is 1. The van der Waals surface area contributed by atoms with Crippen molar-refractivity contribution in [1.29, 1.82) is 0 Å². The van der Waals surface area contributed by atoms with E-state index in [1.54, 1.807) is 0 Å². The first kappa shape index (κ1) is 24.3. The molecule has 0 amide bonds. The molecule has 1 N–H and O–H groups in total. The lowest BCUT2D eigenvalue weighted by Crippen LogP contribution is -2.30. The van der Waals surface area contributed by atoms with Crippen LogP contribution in [-0.4, -0.2) is 6.54 Å². The zero-order chi connectivity index (χ0) is 21.1. The number of hydrogen-bond acceptors (Lipinski definition) is 2. The third-order valence-corrected chi connectivity index (χ3v) is 5.84. The summed E-state index contributed by atoms with van der Waals surface area (Å²) in [5.41, 5.74) is 5.95. The molecule has 0 heterocycles. The summed E-state index contributed by atoms with van der Waals surface area (Å²) in [5, 5.41) is 2.29. The topological polar surface area (TPSA) is 15.3 Å². The summed E-state index contributed by atoms with van der Waals surface area (Å²) in [6.45, 7) is 3.33. The second kappa shape index (κ2) is 16.8. The van der Waals surface area contributed by atoms with Gasteiger partial charge in [0.2, 0.25) is 0 Å². The second-order valence-corrected chi connectivity index (χ2v) is 8.56. The number of unbranched alkanes of at least 4 members (excludes halogenated alkanes) is 13. The summed E-state index contributed by atoms with van der Waals surface area (Å²) >= 11 is 0. The number of nitrogens with one attached hydrogen (secondary N) is 1. The van der Waals surface area contributed by atoms with Gasteiger partial charge in [-0.3, -0.25) is 10.4 Å². The van der Waals surface area contributed by atoms with E-state index in [4.69, 9.17) is 0 Å². The van der Waals surface area contributed by atoms with Gasteiger partial charge < -0.3 is 0 Å². The van der Waals surface area contributed by atoms with Crippen LogP contribution < -0.4 is 10.4 Å². The highest BCUT2D eigenvalue weighted by Gasteiger charge is 2.06. The minimum Gasteiger partial charge on any atom is -0.298 e. The van der Waals surface area contributed by atoms with Gasteiger partial charge in [-0.15, -0.1) is 0 Å². The number of nitrogens with zero attached hydrogens (tertiary/aromatic N) is 1. The molecule has 30 heavy (non-hydrogen) atoms. The Morgan fingerprint density at radius 3 is 1.47 bits per heavy atom. The zero-order valence-electron chi connectivity index (χ0n) is 19.3. The van der Waals surface area contributed by atoms with E-state index in [2.05, 4.69) is 78.0 Å². The lowest BCUT2D eigenvalue weighted by atomic mass is 10.0. The molecule has 2 rings (SSSR count). The predicted octanol–water partition coefficient (Wildman–Crippen LogP) is 9.00. The smallest absolute Gasteiger partial charge is 0.0571 e. The molecule has 0 aromatic heterocycles. The minimum atomic E-state index is 1.04. The molecule has 166 valence electrons. The lowest BCUT2D eigenvalue weighted by molar-refractivity contribution is 0.535. The van der Waals surface area contributed by atoms with Crippen LogP contribution in [0.3, 0.4) is 0 Å². The fraction of sp³-hybridized carbons (Fsp3) is 0.571. The minimum absolute atomic E-state index is 1.04. The summed E-state index contributed by atoms with van der Waals surface area (Å²) in [6.07, 6.45) is 19.6. The zero-order valence-corrected chi connectivity index (χ0v) is 19.3. The van der Waals surface area contributed by atoms with Crippen molar-refractivity contribution < 1.29 is 0 Å². The first-order valence-corrected chi connectivity index (χ1v) is 12.5. The van der Waals surface area contributed by atoms with Crippen molar-refractivity contribution in [1.82, 2.24) is 0 Å². The summed E-state index contributed by atoms with van der Waals surface area (Å²) in [4.78, 5) is 0. The number of rotatable bonds is 18. The standard InChI is InChI=1S/C28H44N2/c1-2-3-4-5-6-7-8-9-10-11-12-13-14-21-26-30(28-24-19-16-20-25-28)29-27-22-17-15-18-23-27/h15-20,22-25,29H,2-14,21,26H2,1H3. The Balaban J connectivity index is 1.52. The summed E-state index contributed by atoms with van der Waals surface area (Å²) in [6, 6.07) is 21.1. The summed E-state index contributed by atoms with van der Waals surface area (Å²) in [7, 11) is 0. The third kappa shape index (κ3) is 11.3. The fourth-order valence-corrected chi connectivity index (χ4v) is 3.99. The Bertz CT molecular complexity index is 611. The van der Waals surface area contributed by atoms with Gasteiger partial charge in [-0.1, -0.05) is 127 Å². The summed E-state index contributed by atoms with van der Waals surface area (Å²) in [5.74, 6) is 0. The normalized spacial score (nSPS) is 10.8. The number of benzene rings is 2. The van der Waals surface area contributed by atoms with Crippen LogP contribution in [-0.2, 0) is 0 Å². The second-order valence-electron chi connectivity index (χ2n) is 8.56. The Morgan fingerprint density at radius 2 is 0.967 bits per heavy atom. The molecule has 0 atom stereocenters. The predicted molar refractivity (Wildman–Crippen MR) is 134 cm³/mol. The number of hydrogen-bond donors (Lipinski definition) is 1. The first-order valence-electron chi connectivity index (χ1n) is 12.5. The lowest BCUT2D eigenvalue weighted by Gasteiger charge is -2.26. The average Bonchev–Trinajstić information content (AvgIpc) is 2.80. The molecule has 0 saturated heterocycles. The van der Waals surface area contributed by atoms with Gasteiger partial charge in [0.25, 0.3) is 0 Å². The number of para-hydroxylation sites is 2. The van der Waals surface area contributed by atoms with Crippen molar-refractivity contribution in [2.24, 2.45) is 0 Å². The first-order chi connectivity index (χ1) is 14.9. The molecular formula is C28H44N2. The molecule has 0 aliphatic heterocycles. The van der Waals surface area contributed by atoms with Crippen LogP contribution in [0, 0.1) is 0 Å². The van der Waals surface area contributed by atoms with Crippen molar-refractivity contribution >= 4 is 11.4 Å². The van der Waals surface area contributed by atoms with Gasteiger partial charge in [-0.2, -0.15) is 0 Å². The quantitative estimate of drug-likeness (QED) is 0.195. The molecule has 0 fully saturated rings. The Morgan fingerprint density at radius 1 is 0.533 bits per heavy atom. The molecule has 0 saturated carbocycles. The maximum absolute atomic E-state index is 3.58. The van der Waals surface area contributed by atoms with Crippen molar-refractivity contribution in [2.75, 3.05) is 17.0 Å². The number of anilines is 2. The van der Waals surface area contributed by atoms with E-state index in [9.17, 15) is 0 Å². The highest BCUT2D eigenvalue weighted by Crippen LogP contribution is 2.18. The van der Waals surface area contributed by atoms with Crippen molar-refractivity contribution in [3.63, 3.8) is 0 Å². The van der Waals surface area contributed by atoms with Gasteiger partial charge in [0.15, 0.2) is 0 Å².